The van der Waals surface area contributed by atoms with Gasteiger partial charge in [0, 0.05) is 13.1 Å². The summed E-state index contributed by atoms with van der Waals surface area (Å²) in [7, 11) is 0. The average Bonchev–Trinajstić information content (AvgIpc) is 2.34. The molecule has 0 aromatic heterocycles. The first-order chi connectivity index (χ1) is 9.69. The van der Waals surface area contributed by atoms with Gasteiger partial charge in [0.05, 0.1) is 6.10 Å². The predicted octanol–water partition coefficient (Wildman–Crippen LogP) is 2.90. The number of rotatable bonds is 6. The van der Waals surface area contributed by atoms with E-state index in [4.69, 9.17) is 0 Å². The molecule has 118 valence electrons. The molecule has 1 aromatic rings. The molecule has 0 bridgehead atoms. The predicted molar refractivity (Wildman–Crippen MR) is 86.2 cm³/mol. The summed E-state index contributed by atoms with van der Waals surface area (Å²) >= 11 is 0. The van der Waals surface area contributed by atoms with Crippen molar-refractivity contribution < 1.29 is 9.90 Å². The number of hydrogen-bond donors (Lipinski definition) is 3. The zero-order valence-corrected chi connectivity index (χ0v) is 13.8. The van der Waals surface area contributed by atoms with E-state index in [1.54, 1.807) is 6.92 Å². The van der Waals surface area contributed by atoms with Crippen LogP contribution in [0.4, 0.5) is 4.79 Å². The van der Waals surface area contributed by atoms with Gasteiger partial charge in [-0.25, -0.2) is 4.79 Å². The molecule has 0 saturated heterocycles. The van der Waals surface area contributed by atoms with Gasteiger partial charge in [-0.2, -0.15) is 0 Å². The number of carbonyl (C=O) groups excluding carboxylic acids is 1. The summed E-state index contributed by atoms with van der Waals surface area (Å²) in [6.07, 6.45) is 0.296. The van der Waals surface area contributed by atoms with Crippen molar-refractivity contribution >= 4 is 6.03 Å². The minimum Gasteiger partial charge on any atom is -0.393 e. The molecule has 3 N–H and O–H groups in total. The summed E-state index contributed by atoms with van der Waals surface area (Å²) in [5, 5.41) is 15.2. The maximum absolute atomic E-state index is 11.8. The van der Waals surface area contributed by atoms with Crippen molar-refractivity contribution in [2.45, 2.75) is 53.7 Å². The molecule has 2 amide bonds. The Kier molecular flexibility index (Phi) is 6.21. The van der Waals surface area contributed by atoms with E-state index in [9.17, 15) is 9.90 Å². The molecule has 1 rings (SSSR count). The molecule has 4 nitrogen and oxygen atoms in total. The summed E-state index contributed by atoms with van der Waals surface area (Å²) in [5.41, 5.74) is 3.41. The lowest BCUT2D eigenvalue weighted by Crippen LogP contribution is -2.41. The number of benzene rings is 1. The van der Waals surface area contributed by atoms with Crippen LogP contribution in [0.5, 0.6) is 0 Å². The molecule has 0 fully saturated rings. The van der Waals surface area contributed by atoms with E-state index in [2.05, 4.69) is 23.6 Å². The number of carbonyl (C=O) groups is 1. The second kappa shape index (κ2) is 7.46. The van der Waals surface area contributed by atoms with Crippen LogP contribution in [0.1, 0.15) is 43.9 Å². The van der Waals surface area contributed by atoms with E-state index >= 15 is 0 Å². The monoisotopic (exact) mass is 292 g/mol. The third-order valence-corrected chi connectivity index (χ3v) is 3.51. The van der Waals surface area contributed by atoms with E-state index in [0.717, 1.165) is 5.56 Å². The number of hydrogen-bond acceptors (Lipinski definition) is 2. The largest absolute Gasteiger partial charge is 0.393 e. The normalized spacial score (nSPS) is 12.9. The van der Waals surface area contributed by atoms with Gasteiger partial charge in [-0.15, -0.1) is 0 Å². The van der Waals surface area contributed by atoms with E-state index < -0.39 is 0 Å². The van der Waals surface area contributed by atoms with Gasteiger partial charge in [0.1, 0.15) is 0 Å². The summed E-state index contributed by atoms with van der Waals surface area (Å²) in [6, 6.07) is 6.03. The molecule has 0 heterocycles. The standard InChI is InChI=1S/C17H28N2O2/c1-12-6-7-15(13(2)8-12)10-18-16(21)19-11-17(4,5)9-14(3)20/h6-8,14,20H,9-11H2,1-5H3,(H2,18,19,21). The lowest BCUT2D eigenvalue weighted by atomic mass is 9.87. The van der Waals surface area contributed by atoms with Gasteiger partial charge in [-0.1, -0.05) is 37.6 Å². The third-order valence-electron chi connectivity index (χ3n) is 3.51. The first-order valence-electron chi connectivity index (χ1n) is 7.45. The molecule has 1 unspecified atom stereocenters. The second-order valence-corrected chi connectivity index (χ2v) is 6.68. The van der Waals surface area contributed by atoms with Crippen molar-refractivity contribution in [1.29, 1.82) is 0 Å². The van der Waals surface area contributed by atoms with E-state index in [-0.39, 0.29) is 17.6 Å². The fraction of sp³-hybridized carbons (Fsp3) is 0.588. The van der Waals surface area contributed by atoms with Crippen molar-refractivity contribution in [3.63, 3.8) is 0 Å². The second-order valence-electron chi connectivity index (χ2n) is 6.68. The van der Waals surface area contributed by atoms with Crippen molar-refractivity contribution in [1.82, 2.24) is 10.6 Å². The Hall–Kier alpha value is -1.55. The van der Waals surface area contributed by atoms with Gasteiger partial charge in [0.25, 0.3) is 0 Å². The van der Waals surface area contributed by atoms with Crippen LogP contribution in [0.2, 0.25) is 0 Å². The van der Waals surface area contributed by atoms with Crippen LogP contribution >= 0.6 is 0 Å². The quantitative estimate of drug-likeness (QED) is 0.755. The van der Waals surface area contributed by atoms with Crippen LogP contribution in [-0.2, 0) is 6.54 Å². The van der Waals surface area contributed by atoms with Crippen LogP contribution in [0.25, 0.3) is 0 Å². The fourth-order valence-corrected chi connectivity index (χ4v) is 2.47. The zero-order chi connectivity index (χ0) is 16.0. The van der Waals surface area contributed by atoms with Gasteiger partial charge in [-0.3, -0.25) is 0 Å². The van der Waals surface area contributed by atoms with Gasteiger partial charge in [0.15, 0.2) is 0 Å². The van der Waals surface area contributed by atoms with Gasteiger partial charge < -0.3 is 15.7 Å². The van der Waals surface area contributed by atoms with Crippen molar-refractivity contribution in [3.05, 3.63) is 34.9 Å². The topological polar surface area (TPSA) is 61.4 Å². The molecule has 0 spiro atoms. The lowest BCUT2D eigenvalue weighted by molar-refractivity contribution is 0.129. The van der Waals surface area contributed by atoms with E-state index in [1.807, 2.05) is 32.9 Å². The van der Waals surface area contributed by atoms with Gasteiger partial charge in [-0.05, 0) is 43.7 Å². The van der Waals surface area contributed by atoms with Crippen LogP contribution < -0.4 is 10.6 Å². The number of aliphatic hydroxyl groups excluding tert-OH is 1. The number of amides is 2. The van der Waals surface area contributed by atoms with Gasteiger partial charge >= 0.3 is 6.03 Å². The Morgan fingerprint density at radius 3 is 2.52 bits per heavy atom. The maximum Gasteiger partial charge on any atom is 0.315 e. The zero-order valence-electron chi connectivity index (χ0n) is 13.8. The fourth-order valence-electron chi connectivity index (χ4n) is 2.47. The summed E-state index contributed by atoms with van der Waals surface area (Å²) in [6.45, 7) is 11.0. The molecular formula is C17H28N2O2. The highest BCUT2D eigenvalue weighted by molar-refractivity contribution is 5.73. The number of nitrogens with one attached hydrogen (secondary N) is 2. The minimum atomic E-state index is -0.361. The summed E-state index contributed by atoms with van der Waals surface area (Å²) in [4.78, 5) is 11.8. The summed E-state index contributed by atoms with van der Waals surface area (Å²) < 4.78 is 0. The molecule has 0 aliphatic rings. The first kappa shape index (κ1) is 17.5. The van der Waals surface area contributed by atoms with Crippen LogP contribution in [0, 0.1) is 19.3 Å². The third kappa shape index (κ3) is 6.63. The molecule has 21 heavy (non-hydrogen) atoms. The highest BCUT2D eigenvalue weighted by Crippen LogP contribution is 2.20. The highest BCUT2D eigenvalue weighted by Gasteiger charge is 2.20. The molecule has 0 saturated carbocycles. The van der Waals surface area contributed by atoms with Crippen LogP contribution in [0.15, 0.2) is 18.2 Å². The van der Waals surface area contributed by atoms with Crippen molar-refractivity contribution in [3.8, 4) is 0 Å². The van der Waals surface area contributed by atoms with E-state index in [0.29, 0.717) is 19.5 Å². The number of urea groups is 1. The summed E-state index contributed by atoms with van der Waals surface area (Å²) in [5.74, 6) is 0. The average molecular weight is 292 g/mol. The maximum atomic E-state index is 11.8. The number of aryl methyl sites for hydroxylation is 2. The van der Waals surface area contributed by atoms with Crippen molar-refractivity contribution in [2.24, 2.45) is 5.41 Å². The smallest absolute Gasteiger partial charge is 0.315 e. The highest BCUT2D eigenvalue weighted by atomic mass is 16.3. The molecule has 0 aliphatic carbocycles. The molecule has 0 aliphatic heterocycles. The van der Waals surface area contributed by atoms with Gasteiger partial charge in [0.2, 0.25) is 0 Å². The molecule has 1 aromatic carbocycles. The SMILES string of the molecule is Cc1ccc(CNC(=O)NCC(C)(C)CC(C)O)c(C)c1. The molecular weight excluding hydrogens is 264 g/mol. The molecule has 4 heteroatoms. The molecule has 0 radical (unpaired) electrons. The molecule has 1 atom stereocenters. The van der Waals surface area contributed by atoms with Crippen LogP contribution in [0.3, 0.4) is 0 Å². The Bertz CT molecular complexity index is 482. The Morgan fingerprint density at radius 1 is 1.29 bits per heavy atom. The van der Waals surface area contributed by atoms with E-state index in [1.165, 1.54) is 11.1 Å². The Balaban J connectivity index is 2.41. The lowest BCUT2D eigenvalue weighted by Gasteiger charge is -2.26. The first-order valence-corrected chi connectivity index (χ1v) is 7.45. The number of aliphatic hydroxyl groups is 1. The van der Waals surface area contributed by atoms with Crippen molar-refractivity contribution in [2.75, 3.05) is 6.54 Å². The van der Waals surface area contributed by atoms with Crippen LogP contribution in [-0.4, -0.2) is 23.8 Å². The Morgan fingerprint density at radius 2 is 1.95 bits per heavy atom. The minimum absolute atomic E-state index is 0.120. The Labute approximate surface area is 128 Å².